The largest absolute Gasteiger partial charge is 0.480 e. The lowest BCUT2D eigenvalue weighted by molar-refractivity contribution is -0.139. The number of benzene rings is 1. The summed E-state index contributed by atoms with van der Waals surface area (Å²) >= 11 is 0. The van der Waals surface area contributed by atoms with E-state index in [-0.39, 0.29) is 0 Å². The summed E-state index contributed by atoms with van der Waals surface area (Å²) in [6.45, 7) is 1.90. The molecule has 1 saturated carbocycles. The Hall–Kier alpha value is -1.40. The number of carbonyl (C=O) groups is 1. The molecule has 0 bridgehead atoms. The van der Waals surface area contributed by atoms with E-state index in [9.17, 15) is 13.2 Å². The predicted molar refractivity (Wildman–Crippen MR) is 67.1 cm³/mol. The third-order valence-electron chi connectivity index (χ3n) is 3.45. The molecule has 0 heterocycles. The van der Waals surface area contributed by atoms with Crippen LogP contribution in [0.15, 0.2) is 24.3 Å². The highest BCUT2D eigenvalue weighted by molar-refractivity contribution is 7.91. The minimum atomic E-state index is -3.50. The van der Waals surface area contributed by atoms with E-state index in [1.807, 2.05) is 19.1 Å². The van der Waals surface area contributed by atoms with E-state index in [1.165, 1.54) is 0 Å². The molecule has 6 heteroatoms. The van der Waals surface area contributed by atoms with Crippen molar-refractivity contribution in [1.82, 2.24) is 0 Å². The van der Waals surface area contributed by atoms with Crippen LogP contribution >= 0.6 is 0 Å². The van der Waals surface area contributed by atoms with Crippen molar-refractivity contribution < 1.29 is 18.3 Å². The maximum atomic E-state index is 11.6. The lowest BCUT2D eigenvalue weighted by Gasteiger charge is -2.05. The summed E-state index contributed by atoms with van der Waals surface area (Å²) in [4.78, 5) is 11.2. The van der Waals surface area contributed by atoms with Gasteiger partial charge >= 0.3 is 5.97 Å². The summed E-state index contributed by atoms with van der Waals surface area (Å²) in [6.07, 6.45) is 1.02. The van der Waals surface area contributed by atoms with Crippen LogP contribution in [-0.2, 0) is 14.6 Å². The van der Waals surface area contributed by atoms with Gasteiger partial charge in [-0.3, -0.25) is 4.79 Å². The number of hydrogen-bond donors (Lipinski definition) is 2. The van der Waals surface area contributed by atoms with Gasteiger partial charge in [-0.2, -0.15) is 0 Å². The van der Waals surface area contributed by atoms with Crippen molar-refractivity contribution >= 4 is 15.8 Å². The molecule has 0 spiro atoms. The Bertz CT molecular complexity index is 593. The molecule has 5 nitrogen and oxygen atoms in total. The minimum Gasteiger partial charge on any atom is -0.480 e. The van der Waals surface area contributed by atoms with E-state index >= 15 is 0 Å². The van der Waals surface area contributed by atoms with E-state index in [0.29, 0.717) is 5.56 Å². The second-order valence-electron chi connectivity index (χ2n) is 4.88. The quantitative estimate of drug-likeness (QED) is 0.821. The number of sulfone groups is 1. The van der Waals surface area contributed by atoms with Gasteiger partial charge in [0, 0.05) is 12.2 Å². The zero-order chi connectivity index (χ0) is 13.7. The molecule has 3 atom stereocenters. The van der Waals surface area contributed by atoms with Crippen molar-refractivity contribution in [3.63, 3.8) is 0 Å². The molecule has 18 heavy (non-hydrogen) atoms. The summed E-state index contributed by atoms with van der Waals surface area (Å²) in [5.74, 6) is -1.95. The van der Waals surface area contributed by atoms with E-state index in [2.05, 4.69) is 0 Å². The number of carboxylic acid groups (broad SMARTS) is 1. The Kier molecular flexibility index (Phi) is 2.75. The van der Waals surface area contributed by atoms with Gasteiger partial charge in [0.05, 0.1) is 5.25 Å². The Morgan fingerprint density at radius 1 is 1.33 bits per heavy atom. The number of carboxylic acids is 1. The molecule has 1 fully saturated rings. The molecule has 0 unspecified atom stereocenters. The Balaban J connectivity index is 2.45. The minimum absolute atomic E-state index is 0.654. The van der Waals surface area contributed by atoms with Crippen LogP contribution in [0.2, 0.25) is 0 Å². The van der Waals surface area contributed by atoms with Gasteiger partial charge in [0.1, 0.15) is 5.54 Å². The molecule has 1 aromatic rings. The zero-order valence-corrected chi connectivity index (χ0v) is 10.9. The van der Waals surface area contributed by atoms with Crippen molar-refractivity contribution in [3.8, 4) is 0 Å². The Morgan fingerprint density at radius 2 is 1.83 bits per heavy atom. The van der Waals surface area contributed by atoms with E-state index in [0.717, 1.165) is 11.8 Å². The lowest BCUT2D eigenvalue weighted by Crippen LogP contribution is -2.39. The molecule has 0 radical (unpaired) electrons. The van der Waals surface area contributed by atoms with Gasteiger partial charge in [-0.25, -0.2) is 8.42 Å². The van der Waals surface area contributed by atoms with Crippen molar-refractivity contribution in [1.29, 1.82) is 0 Å². The Morgan fingerprint density at radius 3 is 2.17 bits per heavy atom. The molecule has 1 aromatic carbocycles. The summed E-state index contributed by atoms with van der Waals surface area (Å²) < 4.78 is 23.2. The molecular formula is C12H15NO4S. The first-order valence-electron chi connectivity index (χ1n) is 5.46. The number of hydrogen-bond acceptors (Lipinski definition) is 4. The predicted octanol–water partition coefficient (Wildman–Crippen LogP) is 0.288. The number of aliphatic carboxylic acids is 1. The van der Waals surface area contributed by atoms with Gasteiger partial charge in [0.2, 0.25) is 0 Å². The normalized spacial score (nSPS) is 31.1. The summed E-state index contributed by atoms with van der Waals surface area (Å²) in [7, 11) is -3.50. The maximum absolute atomic E-state index is 11.6. The number of rotatable bonds is 3. The van der Waals surface area contributed by atoms with E-state index in [1.54, 1.807) is 12.1 Å². The molecule has 3 N–H and O–H groups in total. The van der Waals surface area contributed by atoms with Crippen LogP contribution in [0.5, 0.6) is 0 Å². The van der Waals surface area contributed by atoms with Crippen LogP contribution in [0, 0.1) is 6.92 Å². The molecule has 0 aromatic heterocycles. The fraction of sp³-hybridized carbons (Fsp3) is 0.417. The monoisotopic (exact) mass is 269 g/mol. The van der Waals surface area contributed by atoms with Crippen molar-refractivity contribution in [2.24, 2.45) is 5.73 Å². The van der Waals surface area contributed by atoms with E-state index in [4.69, 9.17) is 10.8 Å². The zero-order valence-electron chi connectivity index (χ0n) is 10.1. The Labute approximate surface area is 106 Å². The SMILES string of the molecule is Cc1ccc([C@H]2[C@H](S(C)(=O)=O)[C@@]2(N)C(=O)O)cc1. The third kappa shape index (κ3) is 1.81. The highest BCUT2D eigenvalue weighted by Crippen LogP contribution is 2.54. The first-order valence-corrected chi connectivity index (χ1v) is 7.42. The fourth-order valence-corrected chi connectivity index (χ4v) is 4.21. The average Bonchev–Trinajstić information content (AvgIpc) is 2.87. The second-order valence-corrected chi connectivity index (χ2v) is 7.04. The van der Waals surface area contributed by atoms with Gasteiger partial charge in [-0.15, -0.1) is 0 Å². The van der Waals surface area contributed by atoms with E-state index < -0.39 is 32.5 Å². The molecule has 0 aliphatic heterocycles. The standard InChI is InChI=1S/C12H15NO4S/c1-7-3-5-8(6-4-7)9-10(18(2,16)17)12(9,13)11(14)15/h3-6,9-10H,13H2,1-2H3,(H,14,15)/t9-,10-,12+/m0/s1. The molecule has 0 saturated heterocycles. The van der Waals surface area contributed by atoms with Crippen LogP contribution in [0.25, 0.3) is 0 Å². The molecular weight excluding hydrogens is 254 g/mol. The molecule has 1 aliphatic carbocycles. The summed E-state index contributed by atoms with van der Waals surface area (Å²) in [6, 6.07) is 7.09. The lowest BCUT2D eigenvalue weighted by atomic mass is 10.1. The highest BCUT2D eigenvalue weighted by Gasteiger charge is 2.73. The van der Waals surface area contributed by atoms with Crippen LogP contribution in [0.1, 0.15) is 17.0 Å². The van der Waals surface area contributed by atoms with Gasteiger partial charge in [-0.05, 0) is 12.5 Å². The molecule has 98 valence electrons. The second kappa shape index (κ2) is 3.80. The fourth-order valence-electron chi connectivity index (χ4n) is 2.45. The van der Waals surface area contributed by atoms with Crippen molar-refractivity contribution in [3.05, 3.63) is 35.4 Å². The van der Waals surface area contributed by atoms with Crippen molar-refractivity contribution in [2.45, 2.75) is 23.6 Å². The average molecular weight is 269 g/mol. The number of aryl methyl sites for hydroxylation is 1. The van der Waals surface area contributed by atoms with Gasteiger partial charge < -0.3 is 10.8 Å². The molecule has 1 aliphatic rings. The van der Waals surface area contributed by atoms with Crippen LogP contribution in [0.4, 0.5) is 0 Å². The van der Waals surface area contributed by atoms with Crippen LogP contribution in [-0.4, -0.2) is 36.5 Å². The number of nitrogens with two attached hydrogens (primary N) is 1. The van der Waals surface area contributed by atoms with Gasteiger partial charge in [-0.1, -0.05) is 29.8 Å². The first-order chi connectivity index (χ1) is 8.19. The van der Waals surface area contributed by atoms with Gasteiger partial charge in [0.15, 0.2) is 9.84 Å². The topological polar surface area (TPSA) is 97.5 Å². The summed E-state index contributed by atoms with van der Waals surface area (Å²) in [5.41, 5.74) is 5.73. The van der Waals surface area contributed by atoms with Gasteiger partial charge in [0.25, 0.3) is 0 Å². The van der Waals surface area contributed by atoms with Crippen LogP contribution in [0.3, 0.4) is 0 Å². The molecule has 0 amide bonds. The third-order valence-corrected chi connectivity index (χ3v) is 5.03. The van der Waals surface area contributed by atoms with Crippen molar-refractivity contribution in [2.75, 3.05) is 6.26 Å². The highest BCUT2D eigenvalue weighted by atomic mass is 32.2. The first kappa shape index (κ1) is 13.0. The maximum Gasteiger partial charge on any atom is 0.325 e. The van der Waals surface area contributed by atoms with Crippen LogP contribution < -0.4 is 5.73 Å². The molecule has 2 rings (SSSR count). The summed E-state index contributed by atoms with van der Waals surface area (Å²) in [5, 5.41) is 8.09. The smallest absolute Gasteiger partial charge is 0.325 e.